The van der Waals surface area contributed by atoms with Gasteiger partial charge in [-0.1, -0.05) is 0 Å². The molecule has 5 heteroatoms. The number of rotatable bonds is 4. The molecule has 1 aliphatic heterocycles. The van der Waals surface area contributed by atoms with Crippen LogP contribution in [-0.2, 0) is 12.8 Å². The van der Waals surface area contributed by atoms with Crippen LogP contribution in [0.1, 0.15) is 47.3 Å². The highest BCUT2D eigenvalue weighted by Gasteiger charge is 2.20. The average molecular weight is 289 g/mol. The number of piperidine rings is 1. The molecule has 0 aromatic carbocycles. The maximum absolute atomic E-state index is 11.6. The van der Waals surface area contributed by atoms with Gasteiger partial charge in [0, 0.05) is 18.2 Å². The highest BCUT2D eigenvalue weighted by molar-refractivity contribution is 5.95. The summed E-state index contributed by atoms with van der Waals surface area (Å²) < 4.78 is 5.85. The summed E-state index contributed by atoms with van der Waals surface area (Å²) in [5.41, 5.74) is 8.14. The first-order valence-electron chi connectivity index (χ1n) is 7.90. The number of nitrogens with two attached hydrogens (primary N) is 1. The molecule has 1 aromatic rings. The number of nitrogens with zero attached hydrogens (tertiary/aromatic N) is 1. The maximum Gasteiger partial charge on any atom is 0.254 e. The van der Waals surface area contributed by atoms with Gasteiger partial charge in [-0.3, -0.25) is 4.79 Å². The van der Waals surface area contributed by atoms with Crippen molar-refractivity contribution in [3.05, 3.63) is 22.9 Å². The first kappa shape index (κ1) is 14.3. The number of amides is 1. The van der Waals surface area contributed by atoms with Crippen LogP contribution in [0.2, 0.25) is 0 Å². The number of aromatic nitrogens is 1. The third-order valence-corrected chi connectivity index (χ3v) is 4.39. The van der Waals surface area contributed by atoms with Crippen molar-refractivity contribution >= 4 is 5.91 Å². The minimum absolute atomic E-state index is 0.425. The van der Waals surface area contributed by atoms with Gasteiger partial charge in [0.2, 0.25) is 5.88 Å². The number of nitrogens with one attached hydrogen (secondary N) is 1. The summed E-state index contributed by atoms with van der Waals surface area (Å²) in [6.07, 6.45) is 6.59. The standard InChI is InChI=1S/C16H23N3O2/c17-15(20)13-8-12-5-1-2-6-14(12)19-16(13)21-10-11-4-3-7-18-9-11/h8,11,18H,1-7,9-10H2,(H2,17,20). The Kier molecular flexibility index (Phi) is 4.39. The van der Waals surface area contributed by atoms with Crippen LogP contribution in [0.25, 0.3) is 0 Å². The minimum atomic E-state index is -0.451. The molecule has 1 saturated heterocycles. The molecule has 21 heavy (non-hydrogen) atoms. The summed E-state index contributed by atoms with van der Waals surface area (Å²) in [6, 6.07) is 1.89. The average Bonchev–Trinajstić information content (AvgIpc) is 2.53. The number of pyridine rings is 1. The van der Waals surface area contributed by atoms with E-state index in [0.29, 0.717) is 24.0 Å². The van der Waals surface area contributed by atoms with Gasteiger partial charge in [-0.25, -0.2) is 4.98 Å². The molecular weight excluding hydrogens is 266 g/mol. The first-order chi connectivity index (χ1) is 10.2. The van der Waals surface area contributed by atoms with Gasteiger partial charge in [0.25, 0.3) is 5.91 Å². The number of aryl methyl sites for hydroxylation is 2. The van der Waals surface area contributed by atoms with Gasteiger partial charge in [-0.2, -0.15) is 0 Å². The summed E-state index contributed by atoms with van der Waals surface area (Å²) in [4.78, 5) is 16.2. The topological polar surface area (TPSA) is 77.2 Å². The van der Waals surface area contributed by atoms with E-state index in [1.807, 2.05) is 6.07 Å². The minimum Gasteiger partial charge on any atom is -0.477 e. The Bertz CT molecular complexity index is 524. The lowest BCUT2D eigenvalue weighted by molar-refractivity contribution is 0.0993. The lowest BCUT2D eigenvalue weighted by atomic mass is 9.95. The van der Waals surface area contributed by atoms with Crippen LogP contribution in [0.15, 0.2) is 6.07 Å². The summed E-state index contributed by atoms with van der Waals surface area (Å²) in [5, 5.41) is 3.37. The van der Waals surface area contributed by atoms with E-state index < -0.39 is 5.91 Å². The molecular formula is C16H23N3O2. The van der Waals surface area contributed by atoms with Crippen molar-refractivity contribution in [2.45, 2.75) is 38.5 Å². The van der Waals surface area contributed by atoms with Crippen molar-refractivity contribution in [1.82, 2.24) is 10.3 Å². The summed E-state index contributed by atoms with van der Waals surface area (Å²) in [6.45, 7) is 2.65. The Balaban J connectivity index is 1.77. The Morgan fingerprint density at radius 1 is 1.38 bits per heavy atom. The summed E-state index contributed by atoms with van der Waals surface area (Å²) >= 11 is 0. The Morgan fingerprint density at radius 3 is 3.00 bits per heavy atom. The molecule has 1 atom stereocenters. The van der Waals surface area contributed by atoms with Crippen molar-refractivity contribution in [2.24, 2.45) is 11.7 Å². The molecule has 1 aromatic heterocycles. The number of carbonyl (C=O) groups is 1. The van der Waals surface area contributed by atoms with E-state index in [2.05, 4.69) is 10.3 Å². The normalized spacial score (nSPS) is 21.6. The van der Waals surface area contributed by atoms with E-state index in [1.54, 1.807) is 0 Å². The zero-order valence-corrected chi connectivity index (χ0v) is 12.4. The molecule has 0 spiro atoms. The highest BCUT2D eigenvalue weighted by Crippen LogP contribution is 2.26. The maximum atomic E-state index is 11.6. The Morgan fingerprint density at radius 2 is 2.24 bits per heavy atom. The lowest BCUT2D eigenvalue weighted by Gasteiger charge is -2.23. The molecule has 1 fully saturated rings. The van der Waals surface area contributed by atoms with Crippen molar-refractivity contribution in [2.75, 3.05) is 19.7 Å². The van der Waals surface area contributed by atoms with E-state index >= 15 is 0 Å². The third-order valence-electron chi connectivity index (χ3n) is 4.39. The Labute approximate surface area is 125 Å². The fourth-order valence-corrected chi connectivity index (χ4v) is 3.16. The van der Waals surface area contributed by atoms with Crippen LogP contribution < -0.4 is 15.8 Å². The molecule has 1 amide bonds. The molecule has 3 N–H and O–H groups in total. The van der Waals surface area contributed by atoms with Gasteiger partial charge in [0.1, 0.15) is 5.56 Å². The predicted octanol–water partition coefficient (Wildman–Crippen LogP) is 1.44. The molecule has 5 nitrogen and oxygen atoms in total. The quantitative estimate of drug-likeness (QED) is 0.879. The molecule has 1 aliphatic carbocycles. The number of ether oxygens (including phenoxy) is 1. The second-order valence-electron chi connectivity index (χ2n) is 6.04. The second kappa shape index (κ2) is 6.43. The molecule has 114 valence electrons. The van der Waals surface area contributed by atoms with E-state index in [9.17, 15) is 4.79 Å². The van der Waals surface area contributed by atoms with Crippen molar-refractivity contribution < 1.29 is 9.53 Å². The van der Waals surface area contributed by atoms with Gasteiger partial charge < -0.3 is 15.8 Å². The number of fused-ring (bicyclic) bond motifs is 1. The van der Waals surface area contributed by atoms with Crippen molar-refractivity contribution in [1.29, 1.82) is 0 Å². The monoisotopic (exact) mass is 289 g/mol. The van der Waals surface area contributed by atoms with Crippen LogP contribution >= 0.6 is 0 Å². The summed E-state index contributed by atoms with van der Waals surface area (Å²) in [5.74, 6) is 0.457. The zero-order valence-electron chi connectivity index (χ0n) is 12.4. The van der Waals surface area contributed by atoms with Crippen LogP contribution in [0.5, 0.6) is 5.88 Å². The van der Waals surface area contributed by atoms with Crippen LogP contribution in [0.4, 0.5) is 0 Å². The highest BCUT2D eigenvalue weighted by atomic mass is 16.5. The van der Waals surface area contributed by atoms with Gasteiger partial charge in [0.15, 0.2) is 0 Å². The number of primary amides is 1. The molecule has 0 radical (unpaired) electrons. The largest absolute Gasteiger partial charge is 0.477 e. The summed E-state index contributed by atoms with van der Waals surface area (Å²) in [7, 11) is 0. The van der Waals surface area contributed by atoms with Gasteiger partial charge in [-0.05, 0) is 56.7 Å². The number of carbonyl (C=O) groups excluding carboxylic acids is 1. The second-order valence-corrected chi connectivity index (χ2v) is 6.04. The van der Waals surface area contributed by atoms with E-state index in [4.69, 9.17) is 10.5 Å². The molecule has 0 saturated carbocycles. The predicted molar refractivity (Wildman–Crippen MR) is 80.5 cm³/mol. The molecule has 2 aliphatic rings. The van der Waals surface area contributed by atoms with Crippen molar-refractivity contribution in [3.8, 4) is 5.88 Å². The zero-order chi connectivity index (χ0) is 14.7. The van der Waals surface area contributed by atoms with Crippen molar-refractivity contribution in [3.63, 3.8) is 0 Å². The third kappa shape index (κ3) is 3.35. The number of hydrogen-bond acceptors (Lipinski definition) is 4. The smallest absolute Gasteiger partial charge is 0.254 e. The van der Waals surface area contributed by atoms with Gasteiger partial charge >= 0.3 is 0 Å². The van der Waals surface area contributed by atoms with E-state index in [-0.39, 0.29) is 0 Å². The Hall–Kier alpha value is -1.62. The number of hydrogen-bond donors (Lipinski definition) is 2. The van der Waals surface area contributed by atoms with Crippen LogP contribution in [0.3, 0.4) is 0 Å². The van der Waals surface area contributed by atoms with Gasteiger partial charge in [-0.15, -0.1) is 0 Å². The van der Waals surface area contributed by atoms with Crippen LogP contribution in [0, 0.1) is 5.92 Å². The molecule has 1 unspecified atom stereocenters. The molecule has 2 heterocycles. The van der Waals surface area contributed by atoms with Gasteiger partial charge in [0.05, 0.1) is 6.61 Å². The fourth-order valence-electron chi connectivity index (χ4n) is 3.16. The molecule has 3 rings (SSSR count). The van der Waals surface area contributed by atoms with E-state index in [1.165, 1.54) is 6.42 Å². The fraction of sp³-hybridized carbons (Fsp3) is 0.625. The first-order valence-corrected chi connectivity index (χ1v) is 7.90. The molecule has 0 bridgehead atoms. The van der Waals surface area contributed by atoms with Crippen LogP contribution in [-0.4, -0.2) is 30.6 Å². The van der Waals surface area contributed by atoms with E-state index in [0.717, 1.165) is 56.5 Å². The SMILES string of the molecule is NC(=O)c1cc2c(nc1OCC1CCCNC1)CCCC2. The lowest BCUT2D eigenvalue weighted by Crippen LogP contribution is -2.33.